The van der Waals surface area contributed by atoms with E-state index < -0.39 is 47.4 Å². The summed E-state index contributed by atoms with van der Waals surface area (Å²) in [4.78, 5) is 22.1. The second kappa shape index (κ2) is 5.27. The quantitative estimate of drug-likeness (QED) is 0.689. The average Bonchev–Trinajstić information content (AvgIpc) is 2.83. The first-order valence-corrected chi connectivity index (χ1v) is 5.24. The van der Waals surface area contributed by atoms with Crippen molar-refractivity contribution in [2.75, 3.05) is 6.54 Å². The minimum Gasteiger partial charge on any atom is -0.352 e. The molecule has 0 saturated heterocycles. The van der Waals surface area contributed by atoms with Gasteiger partial charge in [0, 0.05) is 0 Å². The number of aromatic nitrogens is 1. The molecule has 1 amide bonds. The lowest BCUT2D eigenvalue weighted by molar-refractivity contribution is 0.0884. The molecule has 0 aliphatic carbocycles. The number of nitrogens with zero attached hydrogens (tertiary/aromatic N) is 1. The van der Waals surface area contributed by atoms with Crippen LogP contribution in [0.15, 0.2) is 10.6 Å². The van der Waals surface area contributed by atoms with Gasteiger partial charge in [-0.25, -0.2) is 13.2 Å². The van der Waals surface area contributed by atoms with Crippen LogP contribution in [0, 0.1) is 11.6 Å². The molecule has 0 radical (unpaired) electrons. The predicted octanol–water partition coefficient (Wildman–Crippen LogP) is 1.91. The van der Waals surface area contributed by atoms with Gasteiger partial charge in [-0.2, -0.15) is 4.39 Å². The third-order valence-corrected chi connectivity index (χ3v) is 2.43. The Morgan fingerprint density at radius 2 is 2.10 bits per heavy atom. The van der Waals surface area contributed by atoms with Crippen LogP contribution in [0.5, 0.6) is 0 Å². The van der Waals surface area contributed by atoms with Gasteiger partial charge in [-0.1, -0.05) is 5.16 Å². The molecule has 0 fully saturated rings. The molecule has 20 heavy (non-hydrogen) atoms. The van der Waals surface area contributed by atoms with Crippen molar-refractivity contribution in [1.82, 2.24) is 10.5 Å². The number of alkyl halides is 2. The van der Waals surface area contributed by atoms with Gasteiger partial charge >= 0.3 is 0 Å². The zero-order chi connectivity index (χ0) is 14.9. The summed E-state index contributed by atoms with van der Waals surface area (Å²) in [6.07, 6.45) is -2.73. The summed E-state index contributed by atoms with van der Waals surface area (Å²) in [5.74, 6) is -3.97. The lowest BCUT2D eigenvalue weighted by Gasteiger charge is -2.02. The van der Waals surface area contributed by atoms with Gasteiger partial charge in [0.25, 0.3) is 12.3 Å². The van der Waals surface area contributed by atoms with E-state index in [0.29, 0.717) is 0 Å². The number of aldehydes is 1. The van der Waals surface area contributed by atoms with Crippen LogP contribution < -0.4 is 5.32 Å². The minimum absolute atomic E-state index is 0.0473. The van der Waals surface area contributed by atoms with Crippen molar-refractivity contribution in [1.29, 1.82) is 0 Å². The van der Waals surface area contributed by atoms with Crippen molar-refractivity contribution < 1.29 is 31.7 Å². The van der Waals surface area contributed by atoms with Crippen molar-refractivity contribution in [3.8, 4) is 0 Å². The number of nitrogens with one attached hydrogen (secondary N) is 1. The van der Waals surface area contributed by atoms with Gasteiger partial charge in [-0.05, 0) is 6.07 Å². The van der Waals surface area contributed by atoms with Gasteiger partial charge < -0.3 is 9.84 Å². The fraction of sp³-hybridized carbons (Fsp3) is 0.182. The van der Waals surface area contributed by atoms with Gasteiger partial charge in [0.15, 0.2) is 17.8 Å². The summed E-state index contributed by atoms with van der Waals surface area (Å²) in [6, 6.07) is 0.856. The first-order chi connectivity index (χ1) is 9.45. The number of carbonyl (C=O) groups is 2. The second-order valence-electron chi connectivity index (χ2n) is 3.72. The van der Waals surface area contributed by atoms with E-state index in [2.05, 4.69) is 9.68 Å². The summed E-state index contributed by atoms with van der Waals surface area (Å²) in [5.41, 5.74) is -1.82. The summed E-state index contributed by atoms with van der Waals surface area (Å²) in [5, 5.41) is 4.75. The van der Waals surface area contributed by atoms with Gasteiger partial charge in [0.2, 0.25) is 11.4 Å². The van der Waals surface area contributed by atoms with Gasteiger partial charge in [0.1, 0.15) is 0 Å². The van der Waals surface area contributed by atoms with Crippen LogP contribution >= 0.6 is 0 Å². The number of fused-ring (bicyclic) bond motifs is 1. The summed E-state index contributed by atoms with van der Waals surface area (Å²) in [6.45, 7) is -0.933. The molecule has 5 nitrogen and oxygen atoms in total. The lowest BCUT2D eigenvalue weighted by atomic mass is 10.1. The number of amides is 1. The standard InChI is InChI=1S/C11H6F4N2O3/c12-6(13)2-16-11(19)9-5-1-4(3-18)7(14)8(15)10(5)20-17-9/h1,3,6H,2H2,(H,16,19). The maximum absolute atomic E-state index is 13.5. The Balaban J connectivity index is 2.48. The predicted molar refractivity (Wildman–Crippen MR) is 57.6 cm³/mol. The van der Waals surface area contributed by atoms with Crippen molar-refractivity contribution in [2.45, 2.75) is 6.43 Å². The number of hydrogen-bond donors (Lipinski definition) is 1. The highest BCUT2D eigenvalue weighted by Gasteiger charge is 2.23. The van der Waals surface area contributed by atoms with Crippen molar-refractivity contribution >= 4 is 23.2 Å². The molecular weight excluding hydrogens is 284 g/mol. The molecule has 2 aromatic rings. The largest absolute Gasteiger partial charge is 0.352 e. The topological polar surface area (TPSA) is 72.2 Å². The number of halogens is 4. The van der Waals surface area contributed by atoms with E-state index in [1.165, 1.54) is 0 Å². The molecule has 1 aromatic carbocycles. The molecular formula is C11H6F4N2O3. The molecule has 0 aliphatic rings. The highest BCUT2D eigenvalue weighted by Crippen LogP contribution is 2.25. The van der Waals surface area contributed by atoms with E-state index in [4.69, 9.17) is 0 Å². The van der Waals surface area contributed by atoms with E-state index in [0.717, 1.165) is 6.07 Å². The first kappa shape index (κ1) is 14.0. The monoisotopic (exact) mass is 290 g/mol. The highest BCUT2D eigenvalue weighted by molar-refractivity contribution is 6.05. The summed E-state index contributed by atoms with van der Waals surface area (Å²) in [7, 11) is 0. The average molecular weight is 290 g/mol. The molecule has 0 saturated carbocycles. The number of rotatable bonds is 4. The Morgan fingerprint density at radius 1 is 1.40 bits per heavy atom. The summed E-state index contributed by atoms with van der Waals surface area (Å²) < 4.78 is 55.2. The van der Waals surface area contributed by atoms with Crippen LogP contribution in [-0.2, 0) is 0 Å². The van der Waals surface area contributed by atoms with Crippen molar-refractivity contribution in [2.24, 2.45) is 0 Å². The number of carbonyl (C=O) groups excluding carboxylic acids is 2. The number of benzene rings is 1. The molecule has 9 heteroatoms. The second-order valence-corrected chi connectivity index (χ2v) is 3.72. The van der Waals surface area contributed by atoms with Gasteiger partial charge in [-0.3, -0.25) is 9.59 Å². The van der Waals surface area contributed by atoms with Crippen LogP contribution in [0.4, 0.5) is 17.6 Å². The molecule has 0 atom stereocenters. The van der Waals surface area contributed by atoms with Gasteiger partial charge in [0.05, 0.1) is 17.5 Å². The third kappa shape index (κ3) is 2.33. The van der Waals surface area contributed by atoms with Crippen molar-refractivity contribution in [3.63, 3.8) is 0 Å². The molecule has 1 N–H and O–H groups in total. The van der Waals surface area contributed by atoms with E-state index in [-0.39, 0.29) is 11.7 Å². The van der Waals surface area contributed by atoms with Crippen LogP contribution in [0.2, 0.25) is 0 Å². The number of hydrogen-bond acceptors (Lipinski definition) is 4. The third-order valence-electron chi connectivity index (χ3n) is 2.43. The fourth-order valence-electron chi connectivity index (χ4n) is 1.54. The van der Waals surface area contributed by atoms with E-state index in [1.807, 2.05) is 5.32 Å². The molecule has 1 heterocycles. The van der Waals surface area contributed by atoms with Crippen LogP contribution in [0.25, 0.3) is 11.0 Å². The molecule has 106 valence electrons. The zero-order valence-corrected chi connectivity index (χ0v) is 9.62. The van der Waals surface area contributed by atoms with Crippen molar-refractivity contribution in [3.05, 3.63) is 29.0 Å². The molecule has 0 unspecified atom stereocenters. The van der Waals surface area contributed by atoms with E-state index in [1.54, 1.807) is 0 Å². The molecule has 0 spiro atoms. The molecule has 0 bridgehead atoms. The zero-order valence-electron chi connectivity index (χ0n) is 9.62. The Bertz CT molecular complexity index is 684. The van der Waals surface area contributed by atoms with Crippen LogP contribution in [0.3, 0.4) is 0 Å². The summed E-state index contributed by atoms with van der Waals surface area (Å²) >= 11 is 0. The van der Waals surface area contributed by atoms with E-state index >= 15 is 0 Å². The fourth-order valence-corrected chi connectivity index (χ4v) is 1.54. The highest BCUT2D eigenvalue weighted by atomic mass is 19.3. The van der Waals surface area contributed by atoms with Crippen LogP contribution in [-0.4, -0.2) is 30.3 Å². The normalized spacial score (nSPS) is 11.1. The smallest absolute Gasteiger partial charge is 0.274 e. The Kier molecular flexibility index (Phi) is 3.68. The first-order valence-electron chi connectivity index (χ1n) is 5.24. The van der Waals surface area contributed by atoms with E-state index in [9.17, 15) is 27.2 Å². The molecule has 2 rings (SSSR count). The Labute approximate surface area is 108 Å². The SMILES string of the molecule is O=Cc1cc2c(C(=O)NCC(F)F)noc2c(F)c1F. The maximum atomic E-state index is 13.5. The van der Waals surface area contributed by atoms with Gasteiger partial charge in [-0.15, -0.1) is 0 Å². The molecule has 0 aliphatic heterocycles. The Hall–Kier alpha value is -2.45. The minimum atomic E-state index is -2.78. The Morgan fingerprint density at radius 3 is 2.70 bits per heavy atom. The van der Waals surface area contributed by atoms with Crippen LogP contribution in [0.1, 0.15) is 20.8 Å². The maximum Gasteiger partial charge on any atom is 0.274 e. The molecule has 1 aromatic heterocycles. The lowest BCUT2D eigenvalue weighted by Crippen LogP contribution is -2.28.